The number of carbonyl (C=O) groups is 1. The third kappa shape index (κ3) is 5.01. The number of amides is 1. The van der Waals surface area contributed by atoms with E-state index in [2.05, 4.69) is 22.1 Å². The van der Waals surface area contributed by atoms with E-state index >= 15 is 0 Å². The minimum Gasteiger partial charge on any atom is -0.348 e. The first-order chi connectivity index (χ1) is 15.0. The number of hydrogen-bond donors (Lipinski definition) is 1. The number of benzene rings is 2. The summed E-state index contributed by atoms with van der Waals surface area (Å²) < 4.78 is 26.1. The minimum atomic E-state index is -3.21. The maximum absolute atomic E-state index is 12.6. The van der Waals surface area contributed by atoms with Crippen molar-refractivity contribution in [3.8, 4) is 0 Å². The zero-order valence-electron chi connectivity index (χ0n) is 18.0. The Hall–Kier alpha value is -2.60. The molecule has 0 spiro atoms. The predicted octanol–water partition coefficient (Wildman–Crippen LogP) is 4.95. The van der Waals surface area contributed by atoms with Gasteiger partial charge in [-0.25, -0.2) is 8.42 Å². The lowest BCUT2D eigenvalue weighted by Gasteiger charge is -2.22. The van der Waals surface area contributed by atoms with Crippen molar-refractivity contribution >= 4 is 26.6 Å². The molecule has 0 aliphatic heterocycles. The molecule has 1 aliphatic rings. The molecule has 4 rings (SSSR count). The first kappa shape index (κ1) is 21.6. The first-order valence-corrected chi connectivity index (χ1v) is 12.8. The molecule has 1 aromatic heterocycles. The highest BCUT2D eigenvalue weighted by Gasteiger charge is 2.16. The van der Waals surface area contributed by atoms with Crippen molar-refractivity contribution in [2.24, 2.45) is 5.92 Å². The number of sulfone groups is 1. The molecule has 3 aromatic rings. The summed E-state index contributed by atoms with van der Waals surface area (Å²) in [5.41, 5.74) is 2.67. The molecular formula is C25H30N2O3S. The third-order valence-corrected chi connectivity index (χ3v) is 8.08. The molecule has 0 unspecified atom stereocenters. The summed E-state index contributed by atoms with van der Waals surface area (Å²) in [5, 5.41) is 4.01. The average Bonchev–Trinajstić information content (AvgIpc) is 3.20. The number of nitrogens with one attached hydrogen (secondary N) is 1. The summed E-state index contributed by atoms with van der Waals surface area (Å²) >= 11 is 0. The van der Waals surface area contributed by atoms with E-state index in [1.54, 1.807) is 31.2 Å². The molecule has 1 aliphatic carbocycles. The lowest BCUT2D eigenvalue weighted by atomic mass is 9.89. The average molecular weight is 439 g/mol. The van der Waals surface area contributed by atoms with E-state index in [0.29, 0.717) is 17.0 Å². The quantitative estimate of drug-likeness (QED) is 0.568. The molecule has 1 saturated carbocycles. The standard InChI is InChI=1S/C25H30N2O3S/c1-2-31(29,30)23-11-8-19(9-12-23)17-26-25(28)22-10-13-24-21(16-22)14-15-27(24)18-20-6-4-3-5-7-20/h8-16,20H,2-7,17-18H2,1H3,(H,26,28). The Bertz CT molecular complexity index is 1160. The van der Waals surface area contributed by atoms with Crippen LogP contribution in [0.3, 0.4) is 0 Å². The summed E-state index contributed by atoms with van der Waals surface area (Å²) in [5.74, 6) is 0.701. The Labute approximate surface area is 184 Å². The maximum Gasteiger partial charge on any atom is 0.251 e. The molecule has 0 bridgehead atoms. The fraction of sp³-hybridized carbons (Fsp3) is 0.400. The van der Waals surface area contributed by atoms with Gasteiger partial charge in [0.2, 0.25) is 0 Å². The van der Waals surface area contributed by atoms with Gasteiger partial charge < -0.3 is 9.88 Å². The molecule has 0 radical (unpaired) electrons. The van der Waals surface area contributed by atoms with Crippen LogP contribution in [0.5, 0.6) is 0 Å². The van der Waals surface area contributed by atoms with Crippen LogP contribution in [-0.2, 0) is 22.9 Å². The van der Waals surface area contributed by atoms with Gasteiger partial charge in [-0.1, -0.05) is 38.3 Å². The number of rotatable bonds is 7. The number of nitrogens with zero attached hydrogens (tertiary/aromatic N) is 1. The van der Waals surface area contributed by atoms with Crippen LogP contribution in [0.2, 0.25) is 0 Å². The van der Waals surface area contributed by atoms with Crippen molar-refractivity contribution in [1.82, 2.24) is 9.88 Å². The summed E-state index contributed by atoms with van der Waals surface area (Å²) in [6.45, 7) is 3.04. The SMILES string of the molecule is CCS(=O)(=O)c1ccc(CNC(=O)c2ccc3c(ccn3CC3CCCCC3)c2)cc1. The molecule has 31 heavy (non-hydrogen) atoms. The Morgan fingerprint density at radius 1 is 1.03 bits per heavy atom. The van der Waals surface area contributed by atoms with E-state index in [9.17, 15) is 13.2 Å². The first-order valence-electron chi connectivity index (χ1n) is 11.1. The summed E-state index contributed by atoms with van der Waals surface area (Å²) in [4.78, 5) is 13.0. The van der Waals surface area contributed by atoms with E-state index in [4.69, 9.17) is 0 Å². The molecule has 0 atom stereocenters. The fourth-order valence-corrected chi connectivity index (χ4v) is 5.30. The second kappa shape index (κ2) is 9.27. The molecule has 1 N–H and O–H groups in total. The molecule has 5 nitrogen and oxygen atoms in total. The van der Waals surface area contributed by atoms with E-state index in [-0.39, 0.29) is 11.7 Å². The zero-order valence-corrected chi connectivity index (χ0v) is 18.8. The van der Waals surface area contributed by atoms with Crippen LogP contribution < -0.4 is 5.32 Å². The topological polar surface area (TPSA) is 68.2 Å². The number of fused-ring (bicyclic) bond motifs is 1. The van der Waals surface area contributed by atoms with Crippen LogP contribution in [0.4, 0.5) is 0 Å². The van der Waals surface area contributed by atoms with Crippen LogP contribution in [-0.4, -0.2) is 24.6 Å². The van der Waals surface area contributed by atoms with Crippen LogP contribution in [0, 0.1) is 5.92 Å². The normalized spacial score (nSPS) is 15.3. The molecule has 0 saturated heterocycles. The lowest BCUT2D eigenvalue weighted by molar-refractivity contribution is 0.0951. The predicted molar refractivity (Wildman–Crippen MR) is 124 cm³/mol. The van der Waals surface area contributed by atoms with Gasteiger partial charge in [0.25, 0.3) is 5.91 Å². The van der Waals surface area contributed by atoms with Gasteiger partial charge in [0.15, 0.2) is 9.84 Å². The summed E-state index contributed by atoms with van der Waals surface area (Å²) in [6, 6.07) is 14.6. The highest BCUT2D eigenvalue weighted by atomic mass is 32.2. The van der Waals surface area contributed by atoms with Crippen LogP contribution >= 0.6 is 0 Å². The van der Waals surface area contributed by atoms with Gasteiger partial charge in [0.1, 0.15) is 0 Å². The Morgan fingerprint density at radius 2 is 1.77 bits per heavy atom. The fourth-order valence-electron chi connectivity index (χ4n) is 4.41. The summed E-state index contributed by atoms with van der Waals surface area (Å²) in [6.07, 6.45) is 8.80. The van der Waals surface area contributed by atoms with Crippen LogP contribution in [0.25, 0.3) is 10.9 Å². The number of hydrogen-bond acceptors (Lipinski definition) is 3. The number of carbonyl (C=O) groups excluding carboxylic acids is 1. The van der Waals surface area contributed by atoms with Gasteiger partial charge >= 0.3 is 0 Å². The molecule has 2 aromatic carbocycles. The molecule has 6 heteroatoms. The highest BCUT2D eigenvalue weighted by Crippen LogP contribution is 2.27. The zero-order chi connectivity index (χ0) is 21.8. The second-order valence-electron chi connectivity index (χ2n) is 8.48. The lowest BCUT2D eigenvalue weighted by Crippen LogP contribution is -2.22. The smallest absolute Gasteiger partial charge is 0.251 e. The van der Waals surface area contributed by atoms with Gasteiger partial charge in [-0.05, 0) is 60.7 Å². The van der Waals surface area contributed by atoms with Gasteiger partial charge in [-0.3, -0.25) is 4.79 Å². The molecular weight excluding hydrogens is 408 g/mol. The van der Waals surface area contributed by atoms with Crippen molar-refractivity contribution in [1.29, 1.82) is 0 Å². The van der Waals surface area contributed by atoms with Gasteiger partial charge in [0, 0.05) is 35.8 Å². The molecule has 1 fully saturated rings. The molecule has 1 amide bonds. The van der Waals surface area contributed by atoms with Crippen molar-refractivity contribution in [2.45, 2.75) is 57.0 Å². The third-order valence-electron chi connectivity index (χ3n) is 6.33. The second-order valence-corrected chi connectivity index (χ2v) is 10.8. The Kier molecular flexibility index (Phi) is 6.46. The van der Waals surface area contributed by atoms with E-state index in [1.807, 2.05) is 18.2 Å². The van der Waals surface area contributed by atoms with Crippen LogP contribution in [0.15, 0.2) is 59.6 Å². The van der Waals surface area contributed by atoms with E-state index < -0.39 is 9.84 Å². The monoisotopic (exact) mass is 438 g/mol. The van der Waals surface area contributed by atoms with Crippen molar-refractivity contribution in [3.63, 3.8) is 0 Å². The van der Waals surface area contributed by atoms with E-state index in [1.165, 1.54) is 37.6 Å². The summed E-state index contributed by atoms with van der Waals surface area (Å²) in [7, 11) is -3.21. The van der Waals surface area contributed by atoms with Crippen molar-refractivity contribution in [3.05, 3.63) is 65.9 Å². The largest absolute Gasteiger partial charge is 0.348 e. The highest BCUT2D eigenvalue weighted by molar-refractivity contribution is 7.91. The van der Waals surface area contributed by atoms with Crippen LogP contribution in [0.1, 0.15) is 54.9 Å². The number of aromatic nitrogens is 1. The maximum atomic E-state index is 12.6. The van der Waals surface area contributed by atoms with Gasteiger partial charge in [0.05, 0.1) is 10.6 Å². The Morgan fingerprint density at radius 3 is 2.48 bits per heavy atom. The van der Waals surface area contributed by atoms with E-state index in [0.717, 1.165) is 23.4 Å². The van der Waals surface area contributed by atoms with Gasteiger partial charge in [-0.2, -0.15) is 0 Å². The molecule has 164 valence electrons. The van der Waals surface area contributed by atoms with Gasteiger partial charge in [-0.15, -0.1) is 0 Å². The molecule has 1 heterocycles. The van der Waals surface area contributed by atoms with Crippen molar-refractivity contribution in [2.75, 3.05) is 5.75 Å². The van der Waals surface area contributed by atoms with Crippen molar-refractivity contribution < 1.29 is 13.2 Å². The Balaban J connectivity index is 1.40. The minimum absolute atomic E-state index is 0.0773.